The topological polar surface area (TPSA) is 79.2 Å². The van der Waals surface area contributed by atoms with Gasteiger partial charge in [0, 0.05) is 18.9 Å². The van der Waals surface area contributed by atoms with Crippen LogP contribution in [-0.4, -0.2) is 35.3 Å². The number of nitrogens with zero attached hydrogens (tertiary/aromatic N) is 2. The fourth-order valence-electron chi connectivity index (χ4n) is 3.68. The molecule has 1 aromatic carbocycles. The molecule has 2 unspecified atom stereocenters. The zero-order valence-electron chi connectivity index (χ0n) is 13.1. The molecule has 1 aliphatic carbocycles. The summed E-state index contributed by atoms with van der Waals surface area (Å²) in [5, 5.41) is 15.5. The van der Waals surface area contributed by atoms with Crippen LogP contribution in [0.25, 0.3) is 0 Å². The smallest absolute Gasteiger partial charge is 0.343 e. The summed E-state index contributed by atoms with van der Waals surface area (Å²) in [6, 6.07) is 9.03. The fraction of sp³-hybridized carbons (Fsp3) is 0.588. The molecular weight excluding hydrogens is 296 g/mol. The van der Waals surface area contributed by atoms with Crippen molar-refractivity contribution in [2.24, 2.45) is 11.2 Å². The summed E-state index contributed by atoms with van der Waals surface area (Å²) in [6.07, 6.45) is 3.82. The first-order valence-corrected chi connectivity index (χ1v) is 8.21. The lowest BCUT2D eigenvalue weighted by Gasteiger charge is -2.33. The number of carbonyl (C=O) groups is 1. The highest BCUT2D eigenvalue weighted by Crippen LogP contribution is 2.41. The maximum absolute atomic E-state index is 12.8. The van der Waals surface area contributed by atoms with Gasteiger partial charge >= 0.3 is 5.97 Å². The Hall–Kier alpha value is -1.95. The Morgan fingerprint density at radius 3 is 2.52 bits per heavy atom. The molecule has 1 N–H and O–H groups in total. The van der Waals surface area contributed by atoms with Crippen molar-refractivity contribution in [2.75, 3.05) is 13.1 Å². The molecule has 0 bridgehead atoms. The van der Waals surface area contributed by atoms with E-state index in [2.05, 4.69) is 5.29 Å². The number of carbonyl (C=O) groups excluding carboxylic acids is 1. The van der Waals surface area contributed by atoms with E-state index in [1.54, 1.807) is 12.1 Å². The van der Waals surface area contributed by atoms with Crippen molar-refractivity contribution in [1.29, 1.82) is 0 Å². The second-order valence-electron chi connectivity index (χ2n) is 6.42. The van der Waals surface area contributed by atoms with Gasteiger partial charge in [0.05, 0.1) is 11.8 Å². The summed E-state index contributed by atoms with van der Waals surface area (Å²) in [6.45, 7) is 0.777. The van der Waals surface area contributed by atoms with Crippen molar-refractivity contribution < 1.29 is 14.6 Å². The molecule has 0 radical (unpaired) electrons. The highest BCUT2D eigenvalue weighted by Gasteiger charge is 2.48. The van der Waals surface area contributed by atoms with Gasteiger partial charge < -0.3 is 9.84 Å². The monoisotopic (exact) mass is 318 g/mol. The van der Waals surface area contributed by atoms with E-state index < -0.39 is 17.7 Å². The molecule has 2 atom stereocenters. The first kappa shape index (κ1) is 15.9. The lowest BCUT2D eigenvalue weighted by atomic mass is 9.80. The molecule has 2 fully saturated rings. The maximum Gasteiger partial charge on any atom is 0.343 e. The van der Waals surface area contributed by atoms with Crippen LogP contribution >= 0.6 is 0 Å². The van der Waals surface area contributed by atoms with Gasteiger partial charge in [-0.25, -0.2) is 4.79 Å². The molecule has 6 heteroatoms. The lowest BCUT2D eigenvalue weighted by molar-refractivity contribution is -0.178. The third-order valence-electron chi connectivity index (χ3n) is 4.98. The van der Waals surface area contributed by atoms with Crippen molar-refractivity contribution >= 4 is 5.97 Å². The minimum Gasteiger partial charge on any atom is -0.458 e. The van der Waals surface area contributed by atoms with Crippen molar-refractivity contribution in [2.45, 2.75) is 43.8 Å². The van der Waals surface area contributed by atoms with Crippen LogP contribution in [0.3, 0.4) is 0 Å². The third kappa shape index (κ3) is 3.08. The average molecular weight is 318 g/mol. The molecule has 1 aromatic rings. The summed E-state index contributed by atoms with van der Waals surface area (Å²) in [7, 11) is 0. The number of benzene rings is 1. The van der Waals surface area contributed by atoms with Crippen LogP contribution in [0, 0.1) is 10.8 Å². The fourth-order valence-corrected chi connectivity index (χ4v) is 3.68. The highest BCUT2D eigenvalue weighted by atomic mass is 16.6. The van der Waals surface area contributed by atoms with Gasteiger partial charge in [0.25, 0.3) is 0 Å². The van der Waals surface area contributed by atoms with Gasteiger partial charge in [-0.2, -0.15) is 0 Å². The van der Waals surface area contributed by atoms with Gasteiger partial charge in [-0.05, 0) is 18.4 Å². The molecule has 1 heterocycles. The van der Waals surface area contributed by atoms with Gasteiger partial charge in [-0.3, -0.25) is 5.01 Å². The highest BCUT2D eigenvalue weighted by molar-refractivity contribution is 5.81. The molecular formula is C17H22N2O4. The van der Waals surface area contributed by atoms with E-state index in [4.69, 9.17) is 4.74 Å². The van der Waals surface area contributed by atoms with Gasteiger partial charge in [-0.15, -0.1) is 4.91 Å². The largest absolute Gasteiger partial charge is 0.458 e. The van der Waals surface area contributed by atoms with Gasteiger partial charge in [0.1, 0.15) is 6.10 Å². The molecule has 0 amide bonds. The number of ether oxygens (including phenoxy) is 1. The van der Waals surface area contributed by atoms with E-state index in [9.17, 15) is 14.8 Å². The normalized spacial score (nSPS) is 24.4. The predicted molar refractivity (Wildman–Crippen MR) is 84.2 cm³/mol. The molecule has 1 aliphatic heterocycles. The van der Waals surface area contributed by atoms with E-state index in [-0.39, 0.29) is 5.92 Å². The molecule has 124 valence electrons. The molecule has 6 nitrogen and oxygen atoms in total. The zero-order valence-corrected chi connectivity index (χ0v) is 13.1. The number of hydrogen-bond donors (Lipinski definition) is 1. The Morgan fingerprint density at radius 1 is 1.22 bits per heavy atom. The van der Waals surface area contributed by atoms with Crippen LogP contribution in [0.15, 0.2) is 35.6 Å². The number of rotatable bonds is 5. The average Bonchev–Trinajstić information content (AvgIpc) is 3.26. The molecule has 2 aliphatic rings. The molecule has 3 rings (SSSR count). The van der Waals surface area contributed by atoms with Crippen LogP contribution < -0.4 is 0 Å². The van der Waals surface area contributed by atoms with Crippen LogP contribution in [0.2, 0.25) is 0 Å². The Kier molecular flexibility index (Phi) is 4.61. The molecule has 23 heavy (non-hydrogen) atoms. The van der Waals surface area contributed by atoms with Gasteiger partial charge in [-0.1, -0.05) is 43.2 Å². The van der Waals surface area contributed by atoms with Crippen molar-refractivity contribution in [3.05, 3.63) is 40.8 Å². The molecule has 0 spiro atoms. The maximum atomic E-state index is 12.8. The van der Waals surface area contributed by atoms with Crippen molar-refractivity contribution in [3.8, 4) is 0 Å². The molecule has 0 aromatic heterocycles. The van der Waals surface area contributed by atoms with E-state index >= 15 is 0 Å². The van der Waals surface area contributed by atoms with Crippen LogP contribution in [-0.2, 0) is 15.1 Å². The minimum atomic E-state index is -1.61. The number of esters is 1. The standard InChI is InChI=1S/C17H22N2O4/c20-16(23-15-10-11-19(12-15)18-22)17(21,14-8-4-5-9-14)13-6-2-1-3-7-13/h1-3,6-7,14-15,21H,4-5,8-12H2. The quantitative estimate of drug-likeness (QED) is 0.666. The minimum absolute atomic E-state index is 0.126. The number of aliphatic hydroxyl groups is 1. The first-order chi connectivity index (χ1) is 11.1. The first-order valence-electron chi connectivity index (χ1n) is 8.21. The summed E-state index contributed by atoms with van der Waals surface area (Å²) in [5.41, 5.74) is -1.03. The molecule has 1 saturated carbocycles. The van der Waals surface area contributed by atoms with E-state index in [1.165, 1.54) is 5.01 Å². The summed E-state index contributed by atoms with van der Waals surface area (Å²) in [5.74, 6) is -0.729. The second kappa shape index (κ2) is 6.66. The third-order valence-corrected chi connectivity index (χ3v) is 4.98. The van der Waals surface area contributed by atoms with Gasteiger partial charge in [0.15, 0.2) is 5.60 Å². The Balaban J connectivity index is 1.80. The SMILES string of the molecule is O=NN1CCC(OC(=O)C(O)(c2ccccc2)C2CCCC2)C1. The zero-order chi connectivity index (χ0) is 16.3. The Morgan fingerprint density at radius 2 is 1.91 bits per heavy atom. The summed E-state index contributed by atoms with van der Waals surface area (Å²) in [4.78, 5) is 23.4. The van der Waals surface area contributed by atoms with E-state index in [0.717, 1.165) is 25.7 Å². The lowest BCUT2D eigenvalue weighted by Crippen LogP contribution is -2.45. The number of nitroso groups, excluding NO2 is 1. The summed E-state index contributed by atoms with van der Waals surface area (Å²) < 4.78 is 5.55. The Bertz CT molecular complexity index is 559. The van der Waals surface area contributed by atoms with Crippen molar-refractivity contribution in [1.82, 2.24) is 5.01 Å². The second-order valence-corrected chi connectivity index (χ2v) is 6.42. The van der Waals surface area contributed by atoms with Crippen LogP contribution in [0.1, 0.15) is 37.7 Å². The van der Waals surface area contributed by atoms with Crippen LogP contribution in [0.5, 0.6) is 0 Å². The Labute approximate surface area is 135 Å². The van der Waals surface area contributed by atoms with Gasteiger partial charge in [0.2, 0.25) is 0 Å². The van der Waals surface area contributed by atoms with E-state index in [0.29, 0.717) is 25.1 Å². The van der Waals surface area contributed by atoms with Crippen LogP contribution in [0.4, 0.5) is 0 Å². The van der Waals surface area contributed by atoms with E-state index in [1.807, 2.05) is 18.2 Å². The number of hydrogen-bond acceptors (Lipinski definition) is 5. The predicted octanol–water partition coefficient (Wildman–Crippen LogP) is 2.36. The van der Waals surface area contributed by atoms with Crippen molar-refractivity contribution in [3.63, 3.8) is 0 Å². The summed E-state index contributed by atoms with van der Waals surface area (Å²) >= 11 is 0. The molecule has 1 saturated heterocycles.